The van der Waals surface area contributed by atoms with Gasteiger partial charge in [-0.1, -0.05) is 30.3 Å². The highest BCUT2D eigenvalue weighted by Crippen LogP contribution is 2.31. The van der Waals surface area contributed by atoms with Gasteiger partial charge in [0.25, 0.3) is 5.91 Å². The van der Waals surface area contributed by atoms with Gasteiger partial charge in [0, 0.05) is 25.2 Å². The van der Waals surface area contributed by atoms with Crippen molar-refractivity contribution in [2.45, 2.75) is 12.2 Å². The molecule has 0 radical (unpaired) electrons. The molecule has 0 bridgehead atoms. The fraction of sp³-hybridized carbons (Fsp3) is 0.286. The lowest BCUT2D eigenvalue weighted by Gasteiger charge is -2.34. The molecule has 1 fully saturated rings. The number of carbonyl (C=O) groups is 1. The number of rotatable bonds is 5. The summed E-state index contributed by atoms with van der Waals surface area (Å²) in [4.78, 5) is 18.8. The summed E-state index contributed by atoms with van der Waals surface area (Å²) in [7, 11) is 0. The number of hydrogen-bond donors (Lipinski definition) is 2. The van der Waals surface area contributed by atoms with Gasteiger partial charge in [-0.25, -0.2) is 4.98 Å². The third-order valence-corrected chi connectivity index (χ3v) is 4.94. The van der Waals surface area contributed by atoms with E-state index in [2.05, 4.69) is 20.5 Å². The average Bonchev–Trinajstić information content (AvgIpc) is 3.28. The smallest absolute Gasteiger partial charge is 0.416 e. The van der Waals surface area contributed by atoms with Crippen molar-refractivity contribution >= 4 is 5.91 Å². The Bertz CT molecular complexity index is 1040. The number of piperazine rings is 1. The Hall–Kier alpha value is -3.40. The molecule has 162 valence electrons. The largest absolute Gasteiger partial charge is 0.484 e. The summed E-state index contributed by atoms with van der Waals surface area (Å²) in [5, 5.41) is 10.0. The van der Waals surface area contributed by atoms with Gasteiger partial charge in [0.2, 0.25) is 0 Å². The third kappa shape index (κ3) is 4.85. The van der Waals surface area contributed by atoms with Crippen LogP contribution in [0, 0.1) is 0 Å². The monoisotopic (exact) mass is 431 g/mol. The van der Waals surface area contributed by atoms with Gasteiger partial charge in [0.05, 0.1) is 5.56 Å². The molecule has 1 saturated heterocycles. The molecular formula is C21H20F3N5O2. The summed E-state index contributed by atoms with van der Waals surface area (Å²) in [5.74, 6) is 0.911. The Labute approximate surface area is 176 Å². The number of aromatic amines is 1. The van der Waals surface area contributed by atoms with Crippen molar-refractivity contribution in [1.29, 1.82) is 0 Å². The quantitative estimate of drug-likeness (QED) is 0.649. The van der Waals surface area contributed by atoms with E-state index in [0.29, 0.717) is 31.2 Å². The molecule has 31 heavy (non-hydrogen) atoms. The van der Waals surface area contributed by atoms with Gasteiger partial charge in [-0.3, -0.25) is 9.89 Å². The number of benzene rings is 2. The topological polar surface area (TPSA) is 83.1 Å². The number of nitrogens with one attached hydrogen (secondary N) is 2. The molecule has 1 amide bonds. The minimum Gasteiger partial charge on any atom is -0.484 e. The maximum absolute atomic E-state index is 13.0. The second-order valence-electron chi connectivity index (χ2n) is 7.03. The Balaban J connectivity index is 1.50. The normalized spacial score (nSPS) is 16.9. The van der Waals surface area contributed by atoms with Crippen LogP contribution >= 0.6 is 0 Å². The van der Waals surface area contributed by atoms with Crippen LogP contribution in [0.2, 0.25) is 0 Å². The first-order valence-corrected chi connectivity index (χ1v) is 9.70. The first kappa shape index (κ1) is 20.9. The lowest BCUT2D eigenvalue weighted by Crippen LogP contribution is -2.50. The molecule has 7 nitrogen and oxygen atoms in total. The highest BCUT2D eigenvalue weighted by Gasteiger charge is 2.32. The molecule has 1 aliphatic heterocycles. The van der Waals surface area contributed by atoms with E-state index in [9.17, 15) is 18.0 Å². The summed E-state index contributed by atoms with van der Waals surface area (Å²) in [6, 6.07) is 13.4. The zero-order chi connectivity index (χ0) is 21.8. The summed E-state index contributed by atoms with van der Waals surface area (Å²) in [6.45, 7) is 1.37. The van der Waals surface area contributed by atoms with Gasteiger partial charge in [-0.15, -0.1) is 0 Å². The van der Waals surface area contributed by atoms with Crippen molar-refractivity contribution in [1.82, 2.24) is 25.4 Å². The number of H-pyrrole nitrogens is 1. The number of para-hydroxylation sites is 1. The van der Waals surface area contributed by atoms with E-state index in [-0.39, 0.29) is 23.9 Å². The van der Waals surface area contributed by atoms with Crippen LogP contribution in [-0.4, -0.2) is 52.2 Å². The van der Waals surface area contributed by atoms with Crippen molar-refractivity contribution in [3.63, 3.8) is 0 Å². The van der Waals surface area contributed by atoms with Crippen LogP contribution in [0.4, 0.5) is 13.2 Å². The van der Waals surface area contributed by atoms with Crippen molar-refractivity contribution in [2.75, 3.05) is 26.2 Å². The van der Waals surface area contributed by atoms with Gasteiger partial charge in [-0.05, 0) is 24.3 Å². The zero-order valence-corrected chi connectivity index (χ0v) is 16.4. The van der Waals surface area contributed by atoms with Crippen molar-refractivity contribution in [3.05, 3.63) is 66.0 Å². The molecule has 4 rings (SSSR count). The highest BCUT2D eigenvalue weighted by atomic mass is 19.4. The molecule has 1 aromatic heterocycles. The number of alkyl halides is 3. The molecular weight excluding hydrogens is 411 g/mol. The molecule has 10 heteroatoms. The fourth-order valence-electron chi connectivity index (χ4n) is 3.38. The summed E-state index contributed by atoms with van der Waals surface area (Å²) in [6.07, 6.45) is -4.45. The molecule has 2 aromatic carbocycles. The SMILES string of the molecule is O=C(COc1ccccc1)N1CCNC[C@@H]1c1nc(-c2cccc(C(F)(F)F)c2)n[nH]1. The number of nitrogens with zero attached hydrogens (tertiary/aromatic N) is 3. The molecule has 0 spiro atoms. The average molecular weight is 431 g/mol. The number of halogens is 3. The number of aromatic nitrogens is 3. The van der Waals surface area contributed by atoms with Crippen molar-refractivity contribution < 1.29 is 22.7 Å². The molecule has 3 aromatic rings. The predicted octanol–water partition coefficient (Wildman–Crippen LogP) is 3.04. The van der Waals surface area contributed by atoms with E-state index in [4.69, 9.17) is 4.74 Å². The van der Waals surface area contributed by atoms with E-state index < -0.39 is 17.8 Å². The van der Waals surface area contributed by atoms with E-state index >= 15 is 0 Å². The molecule has 2 heterocycles. The summed E-state index contributed by atoms with van der Waals surface area (Å²) in [5.41, 5.74) is -0.531. The van der Waals surface area contributed by atoms with Crippen LogP contribution in [0.5, 0.6) is 5.75 Å². The molecule has 1 atom stereocenters. The Morgan fingerprint density at radius 1 is 1.16 bits per heavy atom. The van der Waals surface area contributed by atoms with Gasteiger partial charge >= 0.3 is 6.18 Å². The molecule has 0 aliphatic carbocycles. The summed E-state index contributed by atoms with van der Waals surface area (Å²) < 4.78 is 44.6. The molecule has 0 unspecified atom stereocenters. The van der Waals surface area contributed by atoms with Crippen LogP contribution < -0.4 is 10.1 Å². The van der Waals surface area contributed by atoms with Crippen LogP contribution in [0.15, 0.2) is 54.6 Å². The minimum atomic E-state index is -4.45. The van der Waals surface area contributed by atoms with Crippen molar-refractivity contribution in [3.8, 4) is 17.1 Å². The van der Waals surface area contributed by atoms with E-state index in [1.807, 2.05) is 18.2 Å². The van der Waals surface area contributed by atoms with Crippen LogP contribution in [-0.2, 0) is 11.0 Å². The van der Waals surface area contributed by atoms with Gasteiger partial charge < -0.3 is 15.0 Å². The van der Waals surface area contributed by atoms with E-state index in [1.165, 1.54) is 12.1 Å². The minimum absolute atomic E-state index is 0.130. The maximum atomic E-state index is 13.0. The van der Waals surface area contributed by atoms with Gasteiger partial charge in [0.15, 0.2) is 12.4 Å². The van der Waals surface area contributed by atoms with Crippen LogP contribution in [0.25, 0.3) is 11.4 Å². The lowest BCUT2D eigenvalue weighted by molar-refractivity contribution is -0.138. The Kier molecular flexibility index (Phi) is 5.90. The first-order valence-electron chi connectivity index (χ1n) is 9.70. The van der Waals surface area contributed by atoms with Gasteiger partial charge in [0.1, 0.15) is 17.6 Å². The Morgan fingerprint density at radius 3 is 2.74 bits per heavy atom. The third-order valence-electron chi connectivity index (χ3n) is 4.94. The number of ether oxygens (including phenoxy) is 1. The number of amides is 1. The molecule has 1 aliphatic rings. The lowest BCUT2D eigenvalue weighted by atomic mass is 10.1. The van der Waals surface area contributed by atoms with Crippen LogP contribution in [0.1, 0.15) is 17.4 Å². The second-order valence-corrected chi connectivity index (χ2v) is 7.03. The zero-order valence-electron chi connectivity index (χ0n) is 16.4. The molecule has 2 N–H and O–H groups in total. The van der Waals surface area contributed by atoms with E-state index in [0.717, 1.165) is 12.1 Å². The fourth-order valence-corrected chi connectivity index (χ4v) is 3.38. The highest BCUT2D eigenvalue weighted by molar-refractivity contribution is 5.78. The second kappa shape index (κ2) is 8.76. The standard InChI is InChI=1S/C21H20F3N5O2/c22-21(23,24)15-6-4-5-14(11-15)19-26-20(28-27-19)17-12-25-9-10-29(17)18(30)13-31-16-7-2-1-3-8-16/h1-8,11,17,25H,9-10,12-13H2,(H,26,27,28)/t17-/m1/s1. The van der Waals surface area contributed by atoms with Crippen LogP contribution in [0.3, 0.4) is 0 Å². The maximum Gasteiger partial charge on any atom is 0.416 e. The Morgan fingerprint density at radius 2 is 1.97 bits per heavy atom. The molecule has 0 saturated carbocycles. The first-order chi connectivity index (χ1) is 14.9. The van der Waals surface area contributed by atoms with Crippen molar-refractivity contribution in [2.24, 2.45) is 0 Å². The number of hydrogen-bond acceptors (Lipinski definition) is 5. The summed E-state index contributed by atoms with van der Waals surface area (Å²) >= 11 is 0. The number of carbonyl (C=O) groups excluding carboxylic acids is 1. The predicted molar refractivity (Wildman–Crippen MR) is 106 cm³/mol. The van der Waals surface area contributed by atoms with Gasteiger partial charge in [-0.2, -0.15) is 18.3 Å². The van der Waals surface area contributed by atoms with E-state index in [1.54, 1.807) is 17.0 Å².